The second kappa shape index (κ2) is 8.48. The molecule has 5 aromatic rings. The van der Waals surface area contributed by atoms with Gasteiger partial charge in [-0.3, -0.25) is 9.36 Å². The maximum absolute atomic E-state index is 12.8. The molecule has 0 aliphatic carbocycles. The lowest BCUT2D eigenvalue weighted by molar-refractivity contribution is 0.108. The van der Waals surface area contributed by atoms with E-state index in [1.165, 1.54) is 0 Å². The summed E-state index contributed by atoms with van der Waals surface area (Å²) in [5.74, 6) is 0.580. The van der Waals surface area contributed by atoms with Crippen molar-refractivity contribution in [3.8, 4) is 16.4 Å². The molecule has 3 aromatic carbocycles. The van der Waals surface area contributed by atoms with Gasteiger partial charge in [0.15, 0.2) is 5.82 Å². The van der Waals surface area contributed by atoms with E-state index in [-0.39, 0.29) is 5.12 Å². The van der Waals surface area contributed by atoms with Crippen molar-refractivity contribution in [2.75, 3.05) is 0 Å². The van der Waals surface area contributed by atoms with E-state index in [1.54, 1.807) is 35.6 Å². The van der Waals surface area contributed by atoms with Crippen LogP contribution in [0.5, 0.6) is 0 Å². The fraction of sp³-hybridized carbons (Fsp3) is 0. The number of halogens is 2. The second-order valence-electron chi connectivity index (χ2n) is 6.61. The van der Waals surface area contributed by atoms with Crippen molar-refractivity contribution < 1.29 is 4.79 Å². The van der Waals surface area contributed by atoms with Gasteiger partial charge >= 0.3 is 0 Å². The van der Waals surface area contributed by atoms with Crippen LogP contribution in [0.2, 0.25) is 10.0 Å². The molecule has 0 spiro atoms. The van der Waals surface area contributed by atoms with E-state index in [2.05, 4.69) is 10.2 Å². The summed E-state index contributed by atoms with van der Waals surface area (Å²) in [4.78, 5) is 13.6. The second-order valence-corrected chi connectivity index (χ2v) is 9.42. The number of benzene rings is 3. The monoisotopic (exact) mass is 481 g/mol. The summed E-state index contributed by atoms with van der Waals surface area (Å²) in [6, 6.07) is 24.4. The largest absolute Gasteiger partial charge is 0.281 e. The number of hydrogen-bond acceptors (Lipinski definition) is 5. The van der Waals surface area contributed by atoms with Crippen LogP contribution in [0, 0.1) is 0 Å². The number of aromatic nitrogens is 3. The molecule has 8 heteroatoms. The molecule has 0 atom stereocenters. The highest BCUT2D eigenvalue weighted by molar-refractivity contribution is 8.14. The Bertz CT molecular complexity index is 1400. The molecule has 0 unspecified atom stereocenters. The Morgan fingerprint density at radius 3 is 2.32 bits per heavy atom. The minimum atomic E-state index is -0.114. The number of thiophene rings is 1. The van der Waals surface area contributed by atoms with E-state index in [9.17, 15) is 4.79 Å². The number of hydrogen-bond donors (Lipinski definition) is 0. The molecular formula is C23H13Cl2N3OS2. The van der Waals surface area contributed by atoms with E-state index in [4.69, 9.17) is 23.2 Å². The Balaban J connectivity index is 1.66. The average Bonchev–Trinajstić information content (AvgIpc) is 3.36. The first-order chi connectivity index (χ1) is 15.1. The van der Waals surface area contributed by atoms with Crippen molar-refractivity contribution in [3.05, 3.63) is 94.5 Å². The zero-order valence-corrected chi connectivity index (χ0v) is 19.0. The summed E-state index contributed by atoms with van der Waals surface area (Å²) in [6.45, 7) is 0. The molecule has 152 valence electrons. The molecule has 4 nitrogen and oxygen atoms in total. The molecule has 0 fully saturated rings. The normalized spacial score (nSPS) is 11.2. The van der Waals surface area contributed by atoms with Crippen LogP contribution in [-0.2, 0) is 0 Å². The molecule has 0 radical (unpaired) electrons. The number of rotatable bonds is 4. The molecule has 0 amide bonds. The number of nitrogens with zero attached hydrogens (tertiary/aromatic N) is 3. The third-order valence-electron chi connectivity index (χ3n) is 4.65. The van der Waals surface area contributed by atoms with Gasteiger partial charge in [0.05, 0.1) is 9.90 Å². The fourth-order valence-electron chi connectivity index (χ4n) is 3.18. The minimum Gasteiger partial charge on any atom is -0.281 e. The van der Waals surface area contributed by atoms with Gasteiger partial charge < -0.3 is 0 Å². The van der Waals surface area contributed by atoms with Gasteiger partial charge in [0.2, 0.25) is 10.3 Å². The molecule has 0 N–H and O–H groups in total. The van der Waals surface area contributed by atoms with E-state index >= 15 is 0 Å². The summed E-state index contributed by atoms with van der Waals surface area (Å²) in [6.07, 6.45) is 0. The highest BCUT2D eigenvalue weighted by Crippen LogP contribution is 2.43. The Hall–Kier alpha value is -2.64. The van der Waals surface area contributed by atoms with Crippen LogP contribution in [-0.4, -0.2) is 19.9 Å². The first-order valence-electron chi connectivity index (χ1n) is 9.28. The smallest absolute Gasteiger partial charge is 0.227 e. The number of fused-ring (bicyclic) bond motifs is 1. The van der Waals surface area contributed by atoms with Crippen LogP contribution >= 0.6 is 46.3 Å². The van der Waals surface area contributed by atoms with Gasteiger partial charge in [-0.15, -0.1) is 21.5 Å². The standard InChI is InChI=1S/C23H13Cl2N3OS2/c24-15-10-12-16(13-11-15)28-21(20-19(25)17-8-4-5-9-18(17)30-20)26-27-23(28)31-22(29)14-6-2-1-3-7-14/h1-13H. The van der Waals surface area contributed by atoms with Gasteiger partial charge in [-0.2, -0.15) is 0 Å². The van der Waals surface area contributed by atoms with Crippen LogP contribution in [0.4, 0.5) is 0 Å². The van der Waals surface area contributed by atoms with Crippen LogP contribution in [0.15, 0.2) is 84.0 Å². The van der Waals surface area contributed by atoms with Gasteiger partial charge in [-0.25, -0.2) is 0 Å². The zero-order valence-electron chi connectivity index (χ0n) is 15.8. The topological polar surface area (TPSA) is 47.8 Å². The first-order valence-corrected chi connectivity index (χ1v) is 11.7. The van der Waals surface area contributed by atoms with Gasteiger partial charge in [0.1, 0.15) is 0 Å². The molecule has 31 heavy (non-hydrogen) atoms. The lowest BCUT2D eigenvalue weighted by Gasteiger charge is -2.09. The van der Waals surface area contributed by atoms with E-state index in [0.717, 1.165) is 32.4 Å². The molecule has 0 saturated carbocycles. The van der Waals surface area contributed by atoms with Crippen LogP contribution in [0.1, 0.15) is 10.4 Å². The number of thioether (sulfide) groups is 1. The summed E-state index contributed by atoms with van der Waals surface area (Å²) < 4.78 is 2.90. The summed E-state index contributed by atoms with van der Waals surface area (Å²) in [5, 5.41) is 11.3. The van der Waals surface area contributed by atoms with Crippen molar-refractivity contribution in [3.63, 3.8) is 0 Å². The predicted molar refractivity (Wildman–Crippen MR) is 129 cm³/mol. The summed E-state index contributed by atoms with van der Waals surface area (Å²) in [5.41, 5.74) is 1.39. The Morgan fingerprint density at radius 1 is 0.871 bits per heavy atom. The van der Waals surface area contributed by atoms with Crippen molar-refractivity contribution in [2.45, 2.75) is 5.16 Å². The van der Waals surface area contributed by atoms with E-state index in [0.29, 0.717) is 26.6 Å². The maximum Gasteiger partial charge on any atom is 0.227 e. The van der Waals surface area contributed by atoms with Gasteiger partial charge in [0, 0.05) is 26.4 Å². The fourth-order valence-corrected chi connectivity index (χ4v) is 5.58. The Kier molecular flexibility index (Phi) is 5.54. The third kappa shape index (κ3) is 3.88. The summed E-state index contributed by atoms with van der Waals surface area (Å²) >= 11 is 15.4. The number of carbonyl (C=O) groups excluding carboxylic acids is 1. The highest BCUT2D eigenvalue weighted by Gasteiger charge is 2.23. The number of carbonyl (C=O) groups is 1. The highest BCUT2D eigenvalue weighted by atomic mass is 35.5. The summed E-state index contributed by atoms with van der Waals surface area (Å²) in [7, 11) is 0. The molecule has 0 aliphatic heterocycles. The van der Waals surface area contributed by atoms with Crippen molar-refractivity contribution >= 4 is 61.5 Å². The molecule has 2 heterocycles. The van der Waals surface area contributed by atoms with Gasteiger partial charge in [-0.1, -0.05) is 71.7 Å². The molecule has 0 aliphatic rings. The van der Waals surface area contributed by atoms with Crippen LogP contribution in [0.3, 0.4) is 0 Å². The Morgan fingerprint density at radius 2 is 1.58 bits per heavy atom. The third-order valence-corrected chi connectivity index (χ3v) is 7.44. The molecule has 0 bridgehead atoms. The van der Waals surface area contributed by atoms with E-state index < -0.39 is 0 Å². The van der Waals surface area contributed by atoms with Crippen molar-refractivity contribution in [1.29, 1.82) is 0 Å². The van der Waals surface area contributed by atoms with Crippen molar-refractivity contribution in [1.82, 2.24) is 14.8 Å². The first kappa shape index (κ1) is 20.3. The quantitative estimate of drug-likeness (QED) is 0.251. The molecule has 2 aromatic heterocycles. The lowest BCUT2D eigenvalue weighted by atomic mass is 10.2. The Labute approximate surface area is 196 Å². The zero-order chi connectivity index (χ0) is 21.4. The van der Waals surface area contributed by atoms with Crippen LogP contribution in [0.25, 0.3) is 26.5 Å². The van der Waals surface area contributed by atoms with Crippen molar-refractivity contribution in [2.24, 2.45) is 0 Å². The molecular weight excluding hydrogens is 469 g/mol. The lowest BCUT2D eigenvalue weighted by Crippen LogP contribution is -2.01. The molecule has 0 saturated heterocycles. The van der Waals surface area contributed by atoms with Gasteiger partial charge in [-0.05, 0) is 42.1 Å². The van der Waals surface area contributed by atoms with Gasteiger partial charge in [0.25, 0.3) is 0 Å². The minimum absolute atomic E-state index is 0.114. The van der Waals surface area contributed by atoms with Crippen LogP contribution < -0.4 is 0 Å². The SMILES string of the molecule is O=C(Sc1nnc(-c2sc3ccccc3c2Cl)n1-c1ccc(Cl)cc1)c1ccccc1. The average molecular weight is 482 g/mol. The molecule has 5 rings (SSSR count). The maximum atomic E-state index is 12.8. The van der Waals surface area contributed by atoms with E-state index in [1.807, 2.05) is 59.2 Å². The predicted octanol–water partition coefficient (Wildman–Crippen LogP) is 7.39.